The predicted octanol–water partition coefficient (Wildman–Crippen LogP) is 9.07. The molecule has 3 aliphatic rings. The van der Waals surface area contributed by atoms with Crippen molar-refractivity contribution in [2.45, 2.75) is 142 Å². The molecule has 1 heterocycles. The molecule has 0 spiro atoms. The fraction of sp³-hybridized carbons (Fsp3) is 0.700. The van der Waals surface area contributed by atoms with Crippen LogP contribution in [0.1, 0.15) is 111 Å². The van der Waals surface area contributed by atoms with Gasteiger partial charge in [0.15, 0.2) is 8.32 Å². The number of aliphatic hydroxyl groups excluding tert-OH is 1. The van der Waals surface area contributed by atoms with Gasteiger partial charge in [0.25, 0.3) is 0 Å². The summed E-state index contributed by atoms with van der Waals surface area (Å²) in [5, 5.41) is 24.4. The number of allylic oxidation sites excluding steroid dienone is 2. The molecule has 4 rings (SSSR count). The molecule has 262 valence electrons. The maximum Gasteiger partial charge on any atom is 0.357 e. The summed E-state index contributed by atoms with van der Waals surface area (Å²) in [6, 6.07) is 5.19. The van der Waals surface area contributed by atoms with Crippen molar-refractivity contribution < 1.29 is 24.2 Å². The first-order chi connectivity index (χ1) is 21.8. The van der Waals surface area contributed by atoms with Gasteiger partial charge in [-0.05, 0) is 115 Å². The van der Waals surface area contributed by atoms with Gasteiger partial charge in [-0.2, -0.15) is 0 Å². The number of aliphatic hydroxyl groups is 2. The first-order valence-electron chi connectivity index (χ1n) is 18.1. The van der Waals surface area contributed by atoms with Gasteiger partial charge >= 0.3 is 5.97 Å². The van der Waals surface area contributed by atoms with Gasteiger partial charge in [-0.15, -0.1) is 0 Å². The van der Waals surface area contributed by atoms with Gasteiger partial charge in [-0.25, -0.2) is 9.78 Å². The number of carbonyl (C=O) groups excluding carboxylic acids is 1. The molecule has 47 heavy (non-hydrogen) atoms. The Morgan fingerprint density at radius 3 is 2.45 bits per heavy atom. The first kappa shape index (κ1) is 37.8. The fourth-order valence-electron chi connectivity index (χ4n) is 8.29. The summed E-state index contributed by atoms with van der Waals surface area (Å²) in [5.41, 5.74) is 0.579. The number of rotatable bonds is 10. The number of aromatic nitrogens is 1. The molecule has 0 aromatic carbocycles. The van der Waals surface area contributed by atoms with Crippen molar-refractivity contribution >= 4 is 14.3 Å². The monoisotopic (exact) mass is 665 g/mol. The molecule has 2 N–H and O–H groups in total. The molecule has 1 aromatic rings. The molecule has 0 saturated heterocycles. The second-order valence-corrected chi connectivity index (χ2v) is 21.9. The first-order valence-corrected chi connectivity index (χ1v) is 21.0. The molecule has 3 fully saturated rings. The van der Waals surface area contributed by atoms with Crippen LogP contribution in [-0.2, 0) is 9.16 Å². The minimum absolute atomic E-state index is 0.00659. The van der Waals surface area contributed by atoms with Crippen molar-refractivity contribution in [3.63, 3.8) is 0 Å². The van der Waals surface area contributed by atoms with E-state index in [0.717, 1.165) is 36.8 Å². The van der Waals surface area contributed by atoms with Gasteiger partial charge in [0, 0.05) is 19.0 Å². The third-order valence-corrected chi connectivity index (χ3v) is 17.2. The van der Waals surface area contributed by atoms with E-state index in [1.54, 1.807) is 24.4 Å². The smallest absolute Gasteiger partial charge is 0.357 e. The molecule has 3 saturated carbocycles. The number of ether oxygens (including phenoxy) is 1. The predicted molar refractivity (Wildman–Crippen MR) is 193 cm³/mol. The van der Waals surface area contributed by atoms with Gasteiger partial charge < -0.3 is 19.4 Å². The van der Waals surface area contributed by atoms with E-state index in [-0.39, 0.29) is 28.2 Å². The van der Waals surface area contributed by atoms with E-state index in [4.69, 9.17) is 9.16 Å². The Morgan fingerprint density at radius 2 is 1.83 bits per heavy atom. The van der Waals surface area contributed by atoms with Crippen molar-refractivity contribution in [3.8, 4) is 0 Å². The van der Waals surface area contributed by atoms with Crippen LogP contribution in [0.2, 0.25) is 18.1 Å². The molecular formula is C40H63NO5Si. The maximum atomic E-state index is 13.1. The molecule has 0 bridgehead atoms. The lowest BCUT2D eigenvalue weighted by Crippen LogP contribution is -2.56. The quantitative estimate of drug-likeness (QED) is 0.147. The fourth-order valence-corrected chi connectivity index (χ4v) is 9.59. The zero-order valence-electron chi connectivity index (χ0n) is 30.9. The Morgan fingerprint density at radius 1 is 1.13 bits per heavy atom. The van der Waals surface area contributed by atoms with Gasteiger partial charge in [-0.1, -0.05) is 80.2 Å². The van der Waals surface area contributed by atoms with Crippen LogP contribution in [-0.4, -0.2) is 53.4 Å². The van der Waals surface area contributed by atoms with Crippen LogP contribution in [0, 0.1) is 35.0 Å². The van der Waals surface area contributed by atoms with Crippen LogP contribution in [0.4, 0.5) is 0 Å². The number of hydrogen-bond acceptors (Lipinski definition) is 6. The lowest BCUT2D eigenvalue weighted by atomic mass is 9.56. The van der Waals surface area contributed by atoms with Crippen LogP contribution < -0.4 is 0 Å². The average molecular weight is 666 g/mol. The second-order valence-electron chi connectivity index (χ2n) is 17.1. The van der Waals surface area contributed by atoms with E-state index in [1.807, 2.05) is 6.08 Å². The normalized spacial score (nSPS) is 33.2. The number of fused-ring (bicyclic) bond motifs is 1. The largest absolute Gasteiger partial charge is 0.457 e. The van der Waals surface area contributed by atoms with E-state index >= 15 is 0 Å². The van der Waals surface area contributed by atoms with Crippen molar-refractivity contribution in [1.82, 2.24) is 4.98 Å². The van der Waals surface area contributed by atoms with Crippen LogP contribution in [0.3, 0.4) is 0 Å². The number of hydrogen-bond donors (Lipinski definition) is 2. The zero-order valence-corrected chi connectivity index (χ0v) is 31.9. The van der Waals surface area contributed by atoms with Crippen LogP contribution >= 0.6 is 0 Å². The standard InChI is InChI=1S/C40H63NO5Si/c1-26(2)27(3)16-17-28(4)32-18-19-35-39(32,9)20-14-21-40(35,44)36(42)24-30-23-31(45-37(43)33-15-12-13-22-41-33)25-34(29(30)5)46-47(10,11)38(6,7)8/h12-13,15-17,22,24,26-28,31-32,34-36,42,44H,5,14,18-21,23,25H2,1-4,6-11H3/b17-16+,30-24-/t27-,28+,31+,32+,34-,35+,36-,39+,40+/m0/s1. The molecule has 1 aromatic heterocycles. The third kappa shape index (κ3) is 8.06. The number of esters is 1. The summed E-state index contributed by atoms with van der Waals surface area (Å²) in [5.74, 6) is 1.51. The summed E-state index contributed by atoms with van der Waals surface area (Å²) in [6.45, 7) is 27.0. The van der Waals surface area contributed by atoms with Crippen LogP contribution in [0.15, 0.2) is 60.3 Å². The summed E-state index contributed by atoms with van der Waals surface area (Å²) >= 11 is 0. The van der Waals surface area contributed by atoms with Crippen molar-refractivity contribution in [1.29, 1.82) is 0 Å². The summed E-state index contributed by atoms with van der Waals surface area (Å²) in [6.07, 6.45) is 11.6. The highest BCUT2D eigenvalue weighted by atomic mass is 28.4. The van der Waals surface area contributed by atoms with E-state index in [2.05, 4.69) is 92.2 Å². The average Bonchev–Trinajstić information content (AvgIpc) is 3.36. The Balaban J connectivity index is 1.61. The minimum atomic E-state index is -2.21. The Kier molecular flexibility index (Phi) is 11.6. The van der Waals surface area contributed by atoms with Crippen molar-refractivity contribution in [3.05, 3.63) is 66.0 Å². The Bertz CT molecular complexity index is 1320. The topological polar surface area (TPSA) is 88.9 Å². The number of carbonyl (C=O) groups is 1. The molecule has 0 aliphatic heterocycles. The maximum absolute atomic E-state index is 13.1. The number of nitrogens with zero attached hydrogens (tertiary/aromatic N) is 1. The molecule has 0 unspecified atom stereocenters. The molecule has 0 amide bonds. The van der Waals surface area contributed by atoms with Crippen molar-refractivity contribution in [2.75, 3.05) is 0 Å². The lowest BCUT2D eigenvalue weighted by molar-refractivity contribution is -0.156. The Labute approximate surface area is 286 Å². The van der Waals surface area contributed by atoms with E-state index in [1.165, 1.54) is 0 Å². The summed E-state index contributed by atoms with van der Waals surface area (Å²) in [7, 11) is -2.21. The van der Waals surface area contributed by atoms with Crippen molar-refractivity contribution in [2.24, 2.45) is 35.0 Å². The van der Waals surface area contributed by atoms with Gasteiger partial charge in [0.2, 0.25) is 0 Å². The zero-order chi connectivity index (χ0) is 34.9. The molecule has 6 nitrogen and oxygen atoms in total. The van der Waals surface area contributed by atoms with E-state index in [0.29, 0.717) is 42.9 Å². The SMILES string of the molecule is C=C1/C(=C\[C@H](O)[C@@]2(O)CCC[C@]3(C)[C@@H]([C@H](C)/C=C/[C@H](C)C(C)C)CC[C@H]32)C[C@@H](OC(=O)c2ccccn2)C[C@@H]1O[Si](C)(C)C(C)(C)C. The highest BCUT2D eigenvalue weighted by Gasteiger charge is 2.59. The van der Waals surface area contributed by atoms with E-state index in [9.17, 15) is 15.0 Å². The van der Waals surface area contributed by atoms with Crippen LogP contribution in [0.25, 0.3) is 0 Å². The molecule has 9 atom stereocenters. The van der Waals surface area contributed by atoms with Gasteiger partial charge in [0.1, 0.15) is 17.9 Å². The van der Waals surface area contributed by atoms with Gasteiger partial charge in [-0.3, -0.25) is 0 Å². The highest BCUT2D eigenvalue weighted by molar-refractivity contribution is 6.74. The minimum Gasteiger partial charge on any atom is -0.457 e. The summed E-state index contributed by atoms with van der Waals surface area (Å²) in [4.78, 5) is 17.3. The third-order valence-electron chi connectivity index (χ3n) is 12.7. The van der Waals surface area contributed by atoms with Crippen LogP contribution in [0.5, 0.6) is 0 Å². The molecule has 3 aliphatic carbocycles. The molecule has 0 radical (unpaired) electrons. The highest BCUT2D eigenvalue weighted by Crippen LogP contribution is 2.61. The lowest BCUT2D eigenvalue weighted by Gasteiger charge is -2.52. The number of pyridine rings is 1. The second kappa shape index (κ2) is 14.4. The van der Waals surface area contributed by atoms with Gasteiger partial charge in [0.05, 0.1) is 11.7 Å². The molecular weight excluding hydrogens is 603 g/mol. The summed E-state index contributed by atoms with van der Waals surface area (Å²) < 4.78 is 12.9. The Hall–Kier alpha value is -2.06. The van der Waals surface area contributed by atoms with E-state index < -0.39 is 32.1 Å². The molecule has 7 heteroatoms.